The van der Waals surface area contributed by atoms with Crippen LogP contribution in [-0.2, 0) is 20.6 Å². The smallest absolute Gasteiger partial charge is 0.435 e. The van der Waals surface area contributed by atoms with Gasteiger partial charge in [-0.3, -0.25) is 4.90 Å². The van der Waals surface area contributed by atoms with Crippen molar-refractivity contribution in [3.63, 3.8) is 0 Å². The van der Waals surface area contributed by atoms with Crippen LogP contribution >= 0.6 is 0 Å². The zero-order valence-electron chi connectivity index (χ0n) is 37.9. The van der Waals surface area contributed by atoms with Crippen LogP contribution in [0.5, 0.6) is 11.8 Å². The quantitative estimate of drug-likeness (QED) is 0.0861. The topological polar surface area (TPSA) is 112 Å². The van der Waals surface area contributed by atoms with Gasteiger partial charge in [-0.1, -0.05) is 18.9 Å². The average Bonchev–Trinajstić information content (AvgIpc) is 3.76. The maximum Gasteiger partial charge on any atom is 0.435 e. The lowest BCUT2D eigenvalue weighted by Gasteiger charge is -2.46. The molecule has 0 N–H and O–H groups in total. The predicted molar refractivity (Wildman–Crippen MR) is 227 cm³/mol. The number of benzene rings is 2. The minimum Gasteiger partial charge on any atom is -0.468 e. The van der Waals surface area contributed by atoms with E-state index in [2.05, 4.69) is 15.6 Å². The maximum absolute atomic E-state index is 17.8. The van der Waals surface area contributed by atoms with Crippen LogP contribution in [0.15, 0.2) is 24.3 Å². The summed E-state index contributed by atoms with van der Waals surface area (Å²) in [5, 5.41) is 0.623. The molecule has 1 amide bonds. The van der Waals surface area contributed by atoms with Crippen molar-refractivity contribution in [2.24, 2.45) is 0 Å². The Hall–Kier alpha value is -5.47. The Morgan fingerprint density at radius 2 is 1.64 bits per heavy atom. The second-order valence-electron chi connectivity index (χ2n) is 18.7. The highest BCUT2D eigenvalue weighted by atomic mass is 19.4. The molecule has 2 aromatic heterocycles. The van der Waals surface area contributed by atoms with E-state index in [1.807, 2.05) is 11.8 Å². The number of ether oxygens (including phenoxy) is 5. The van der Waals surface area contributed by atoms with Gasteiger partial charge in [-0.25, -0.2) is 18.6 Å². The third-order valence-corrected chi connectivity index (χ3v) is 13.2. The highest BCUT2D eigenvalue weighted by molar-refractivity contribution is 6.03. The SMILES string of the molecule is C#Cc1c(F)ccc2cc(OCOC)cc(-c3nc4c5c(nc(OCC67CCCN6CC(OC(C(F)(F)F)(C(F)(F)F)C(F)(F)F)C7)nc5c3F)N3C[C@@H](CC)N(C(=O)OC(C)(C)C)C[C@H]3CC4)c12. The van der Waals surface area contributed by atoms with E-state index in [4.69, 9.17) is 35.3 Å². The van der Waals surface area contributed by atoms with Gasteiger partial charge in [0.2, 0.25) is 0 Å². The Kier molecular flexibility index (Phi) is 12.8. The van der Waals surface area contributed by atoms with Crippen molar-refractivity contribution in [1.29, 1.82) is 0 Å². The summed E-state index contributed by atoms with van der Waals surface area (Å²) in [7, 11) is 1.38. The van der Waals surface area contributed by atoms with Gasteiger partial charge >= 0.3 is 36.2 Å². The number of fused-ring (bicyclic) bond motifs is 4. The van der Waals surface area contributed by atoms with Crippen LogP contribution in [0.25, 0.3) is 32.9 Å². The molecular formula is C46H47F11N6O6. The lowest BCUT2D eigenvalue weighted by atomic mass is 9.93. The Bertz CT molecular complexity index is 2650. The maximum atomic E-state index is 17.8. The van der Waals surface area contributed by atoms with Crippen LogP contribution < -0.4 is 14.4 Å². The highest BCUT2D eigenvalue weighted by Crippen LogP contribution is 2.57. The molecule has 0 spiro atoms. The van der Waals surface area contributed by atoms with Gasteiger partial charge < -0.3 is 33.5 Å². The number of alkyl halides is 9. The molecule has 4 aliphatic heterocycles. The number of aromatic nitrogens is 3. The molecule has 23 heteroatoms. The summed E-state index contributed by atoms with van der Waals surface area (Å²) in [6, 6.07) is 4.08. The number of pyridine rings is 1. The van der Waals surface area contributed by atoms with Gasteiger partial charge in [0.25, 0.3) is 0 Å². The molecule has 0 aliphatic carbocycles. The van der Waals surface area contributed by atoms with Crippen LogP contribution in [0.4, 0.5) is 58.9 Å². The van der Waals surface area contributed by atoms with Gasteiger partial charge in [0, 0.05) is 43.7 Å². The van der Waals surface area contributed by atoms with Gasteiger partial charge in [0.05, 0.1) is 34.3 Å². The van der Waals surface area contributed by atoms with Crippen LogP contribution in [0.1, 0.15) is 71.1 Å². The van der Waals surface area contributed by atoms with Crippen molar-refractivity contribution in [1.82, 2.24) is 24.8 Å². The predicted octanol–water partition coefficient (Wildman–Crippen LogP) is 9.67. The van der Waals surface area contributed by atoms with Crippen molar-refractivity contribution in [2.75, 3.05) is 51.6 Å². The summed E-state index contributed by atoms with van der Waals surface area (Å²) in [4.78, 5) is 32.6. The molecule has 12 nitrogen and oxygen atoms in total. The number of aryl methyl sites for hydroxylation is 1. The van der Waals surface area contributed by atoms with Crippen molar-refractivity contribution in [3.05, 3.63) is 47.2 Å². The summed E-state index contributed by atoms with van der Waals surface area (Å²) in [5.41, 5.74) is -9.33. The normalized spacial score (nSPS) is 22.4. The van der Waals surface area contributed by atoms with Gasteiger partial charge in [-0.05, 0) is 89.4 Å². The molecule has 2 unspecified atom stereocenters. The summed E-state index contributed by atoms with van der Waals surface area (Å²) in [6.45, 7) is 5.89. The number of nitrogens with zero attached hydrogens (tertiary/aromatic N) is 6. The van der Waals surface area contributed by atoms with E-state index in [1.165, 1.54) is 24.1 Å². The first kappa shape index (κ1) is 49.9. The first-order valence-corrected chi connectivity index (χ1v) is 22.0. The Morgan fingerprint density at radius 3 is 2.28 bits per heavy atom. The molecule has 0 saturated carbocycles. The first-order chi connectivity index (χ1) is 32.3. The van der Waals surface area contributed by atoms with E-state index in [9.17, 15) is 44.3 Å². The highest BCUT2D eigenvalue weighted by Gasteiger charge is 2.86. The number of piperazine rings is 1. The second kappa shape index (κ2) is 17.7. The van der Waals surface area contributed by atoms with E-state index in [0.717, 1.165) is 6.07 Å². The number of rotatable bonds is 10. The molecule has 374 valence electrons. The monoisotopic (exact) mass is 988 g/mol. The fourth-order valence-electron chi connectivity index (χ4n) is 10.1. The summed E-state index contributed by atoms with van der Waals surface area (Å²) >= 11 is 0. The van der Waals surface area contributed by atoms with Gasteiger partial charge in [-0.2, -0.15) is 49.5 Å². The summed E-state index contributed by atoms with van der Waals surface area (Å²) < 4.78 is 186. The van der Waals surface area contributed by atoms with Crippen molar-refractivity contribution in [3.8, 4) is 35.4 Å². The molecule has 2 aromatic carbocycles. The number of hydrogen-bond acceptors (Lipinski definition) is 11. The number of halogens is 11. The van der Waals surface area contributed by atoms with E-state index in [-0.39, 0.29) is 83.9 Å². The molecule has 3 saturated heterocycles. The van der Waals surface area contributed by atoms with Crippen LogP contribution in [-0.4, -0.2) is 131 Å². The largest absolute Gasteiger partial charge is 0.468 e. The third kappa shape index (κ3) is 8.78. The fraction of sp³-hybridized carbons (Fsp3) is 0.565. The lowest BCUT2D eigenvalue weighted by Crippen LogP contribution is -2.68. The summed E-state index contributed by atoms with van der Waals surface area (Å²) in [6.07, 6.45) is -17.1. The molecule has 4 aromatic rings. The molecule has 6 heterocycles. The van der Waals surface area contributed by atoms with E-state index < -0.39 is 96.8 Å². The molecule has 69 heavy (non-hydrogen) atoms. The van der Waals surface area contributed by atoms with Crippen LogP contribution in [0.3, 0.4) is 0 Å². The average molecular weight is 989 g/mol. The Balaban J connectivity index is 1.25. The van der Waals surface area contributed by atoms with E-state index in [1.54, 1.807) is 31.7 Å². The molecule has 4 atom stereocenters. The molecule has 4 aliphatic rings. The molecular weight excluding hydrogens is 942 g/mol. The van der Waals surface area contributed by atoms with Crippen molar-refractivity contribution >= 4 is 33.6 Å². The van der Waals surface area contributed by atoms with E-state index in [0.29, 0.717) is 30.3 Å². The van der Waals surface area contributed by atoms with Crippen molar-refractivity contribution in [2.45, 2.75) is 120 Å². The molecule has 0 bridgehead atoms. The van der Waals surface area contributed by atoms with Crippen LogP contribution in [0, 0.1) is 24.0 Å². The van der Waals surface area contributed by atoms with Gasteiger partial charge in [-0.15, -0.1) is 6.42 Å². The van der Waals surface area contributed by atoms with E-state index >= 15 is 8.78 Å². The number of amides is 1. The minimum atomic E-state index is -6.93. The van der Waals surface area contributed by atoms with Gasteiger partial charge in [0.1, 0.15) is 40.8 Å². The second-order valence-corrected chi connectivity index (χ2v) is 18.7. The first-order valence-electron chi connectivity index (χ1n) is 22.0. The minimum absolute atomic E-state index is 0.0126. The Morgan fingerprint density at radius 1 is 0.928 bits per heavy atom. The number of hydrogen-bond donors (Lipinski definition) is 0. The van der Waals surface area contributed by atoms with Crippen molar-refractivity contribution < 1.29 is 76.8 Å². The fourth-order valence-corrected chi connectivity index (χ4v) is 10.1. The number of carbonyl (C=O) groups excluding carboxylic acids is 1. The van der Waals surface area contributed by atoms with Gasteiger partial charge in [0.15, 0.2) is 12.6 Å². The van der Waals surface area contributed by atoms with Crippen LogP contribution in [0.2, 0.25) is 0 Å². The molecule has 0 radical (unpaired) electrons. The number of anilines is 1. The third-order valence-electron chi connectivity index (χ3n) is 13.2. The zero-order valence-corrected chi connectivity index (χ0v) is 37.9. The number of terminal acetylenes is 1. The number of carbonyl (C=O) groups is 1. The number of methoxy groups -OCH3 is 1. The summed E-state index contributed by atoms with van der Waals surface area (Å²) in [5.74, 6) is 0.815. The standard InChI is InChI=1S/C46H47F11N6O6/c1-7-25-19-62-26(20-63(25)40(64)69-41(3,4)5)11-13-32-34-37(35(48)36(58-32)30-17-27(67-23-65-6)16-24-10-12-31(47)29(8-2)33(24)30)59-39(60-38(34)62)66-22-42-14-9-15-61(42)21-28(18-42)68-43(44(49,50)51,45(52,53)54)46(55,56)57/h2,10,12,16-17,25-26,28H,7,9,11,13-15,18-23H2,1,3-6H3/t25-,26-,28?,42?/m1/s1. The molecule has 8 rings (SSSR count). The Labute approximate surface area is 388 Å². The molecule has 3 fully saturated rings. The lowest BCUT2D eigenvalue weighted by molar-refractivity contribution is -0.463. The zero-order chi connectivity index (χ0) is 50.2.